The Morgan fingerprint density at radius 3 is 2.19 bits per heavy atom. The molecule has 0 saturated carbocycles. The van der Waals surface area contributed by atoms with Crippen LogP contribution in [0.15, 0.2) is 48.5 Å². The van der Waals surface area contributed by atoms with Crippen molar-refractivity contribution in [2.45, 2.75) is 25.8 Å². The standard InChI is InChI=1S/C20H25N3O3S/c1-27(25,26)22-18-9-7-17(8-10-18)20(24)21-15-16-5-11-19(12-6-16)23-13-3-2-4-14-23/h5-12,22H,2-4,13-15H2,1H3,(H,21,24). The SMILES string of the molecule is CS(=O)(=O)Nc1ccc(C(=O)NCc2ccc(N3CCCCC3)cc2)cc1. The molecular formula is C20H25N3O3S. The number of anilines is 2. The lowest BCUT2D eigenvalue weighted by Crippen LogP contribution is -2.29. The second kappa shape index (κ2) is 8.43. The number of rotatable bonds is 6. The van der Waals surface area contributed by atoms with Gasteiger partial charge in [0.05, 0.1) is 6.26 Å². The van der Waals surface area contributed by atoms with Crippen LogP contribution >= 0.6 is 0 Å². The molecule has 2 aromatic carbocycles. The van der Waals surface area contributed by atoms with E-state index in [1.54, 1.807) is 24.3 Å². The van der Waals surface area contributed by atoms with E-state index in [1.807, 2.05) is 12.1 Å². The Bertz CT molecular complexity index is 872. The number of nitrogens with zero attached hydrogens (tertiary/aromatic N) is 1. The van der Waals surface area contributed by atoms with Gasteiger partial charge in [-0.25, -0.2) is 8.42 Å². The first kappa shape index (κ1) is 19.2. The molecule has 1 aliphatic heterocycles. The van der Waals surface area contributed by atoms with Crippen molar-refractivity contribution in [2.24, 2.45) is 0 Å². The number of benzene rings is 2. The van der Waals surface area contributed by atoms with E-state index in [4.69, 9.17) is 0 Å². The van der Waals surface area contributed by atoms with Crippen molar-refractivity contribution in [1.82, 2.24) is 5.32 Å². The topological polar surface area (TPSA) is 78.5 Å². The molecule has 0 radical (unpaired) electrons. The third kappa shape index (κ3) is 5.72. The van der Waals surface area contributed by atoms with Crippen LogP contribution < -0.4 is 14.9 Å². The summed E-state index contributed by atoms with van der Waals surface area (Å²) >= 11 is 0. The average molecular weight is 388 g/mol. The first-order valence-electron chi connectivity index (χ1n) is 9.11. The number of hydrogen-bond donors (Lipinski definition) is 2. The highest BCUT2D eigenvalue weighted by molar-refractivity contribution is 7.92. The number of sulfonamides is 1. The van der Waals surface area contributed by atoms with E-state index in [2.05, 4.69) is 27.1 Å². The van der Waals surface area contributed by atoms with Crippen LogP contribution in [0.5, 0.6) is 0 Å². The minimum atomic E-state index is -3.32. The van der Waals surface area contributed by atoms with E-state index in [0.717, 1.165) is 24.9 Å². The molecule has 3 rings (SSSR count). The van der Waals surface area contributed by atoms with Crippen molar-refractivity contribution in [3.05, 3.63) is 59.7 Å². The van der Waals surface area contributed by atoms with Gasteiger partial charge in [0.15, 0.2) is 0 Å². The molecule has 0 aromatic heterocycles. The number of carbonyl (C=O) groups is 1. The predicted molar refractivity (Wildman–Crippen MR) is 109 cm³/mol. The highest BCUT2D eigenvalue weighted by Gasteiger charge is 2.11. The summed E-state index contributed by atoms with van der Waals surface area (Å²) in [6.07, 6.45) is 4.89. The van der Waals surface area contributed by atoms with E-state index in [9.17, 15) is 13.2 Å². The summed E-state index contributed by atoms with van der Waals surface area (Å²) in [7, 11) is -3.32. The van der Waals surface area contributed by atoms with Crippen LogP contribution in [0.25, 0.3) is 0 Å². The number of amides is 1. The van der Waals surface area contributed by atoms with Gasteiger partial charge in [0.1, 0.15) is 0 Å². The monoisotopic (exact) mass is 387 g/mol. The van der Waals surface area contributed by atoms with E-state index in [0.29, 0.717) is 17.8 Å². The van der Waals surface area contributed by atoms with Gasteiger partial charge in [0.2, 0.25) is 10.0 Å². The molecule has 1 fully saturated rings. The molecule has 1 aliphatic rings. The summed E-state index contributed by atoms with van der Waals surface area (Å²) in [4.78, 5) is 14.7. The van der Waals surface area contributed by atoms with E-state index in [1.165, 1.54) is 24.9 Å². The third-order valence-electron chi connectivity index (χ3n) is 4.56. The van der Waals surface area contributed by atoms with E-state index >= 15 is 0 Å². The lowest BCUT2D eigenvalue weighted by molar-refractivity contribution is 0.0951. The summed E-state index contributed by atoms with van der Waals surface area (Å²) in [6.45, 7) is 2.67. The fourth-order valence-corrected chi connectivity index (χ4v) is 3.73. The van der Waals surface area contributed by atoms with Gasteiger partial charge in [0.25, 0.3) is 5.91 Å². The Hall–Kier alpha value is -2.54. The minimum Gasteiger partial charge on any atom is -0.372 e. The summed E-state index contributed by atoms with van der Waals surface area (Å²) in [5.41, 5.74) is 3.19. The molecule has 0 spiro atoms. The first-order valence-corrected chi connectivity index (χ1v) is 11.0. The Morgan fingerprint density at radius 1 is 0.963 bits per heavy atom. The number of piperidine rings is 1. The van der Waals surface area contributed by atoms with Crippen molar-refractivity contribution in [3.8, 4) is 0 Å². The van der Waals surface area contributed by atoms with Crippen LogP contribution in [0.4, 0.5) is 11.4 Å². The largest absolute Gasteiger partial charge is 0.372 e. The zero-order chi connectivity index (χ0) is 19.3. The molecule has 1 heterocycles. The molecule has 27 heavy (non-hydrogen) atoms. The maximum absolute atomic E-state index is 12.3. The van der Waals surface area contributed by atoms with E-state index < -0.39 is 10.0 Å². The number of nitrogens with one attached hydrogen (secondary N) is 2. The lowest BCUT2D eigenvalue weighted by Gasteiger charge is -2.28. The lowest BCUT2D eigenvalue weighted by atomic mass is 10.1. The van der Waals surface area contributed by atoms with Crippen LogP contribution in [0.2, 0.25) is 0 Å². The molecule has 6 nitrogen and oxygen atoms in total. The van der Waals surface area contributed by atoms with Crippen LogP contribution in [0.3, 0.4) is 0 Å². The average Bonchev–Trinajstić information content (AvgIpc) is 2.66. The molecule has 2 N–H and O–H groups in total. The van der Waals surface area contributed by atoms with Crippen molar-refractivity contribution >= 4 is 27.3 Å². The third-order valence-corrected chi connectivity index (χ3v) is 5.17. The second-order valence-electron chi connectivity index (χ2n) is 6.85. The van der Waals surface area contributed by atoms with Gasteiger partial charge in [-0.05, 0) is 61.2 Å². The Kier molecular flexibility index (Phi) is 6.01. The molecule has 0 unspecified atom stereocenters. The minimum absolute atomic E-state index is 0.194. The molecule has 1 amide bonds. The zero-order valence-electron chi connectivity index (χ0n) is 15.4. The van der Waals surface area contributed by atoms with Crippen molar-refractivity contribution < 1.29 is 13.2 Å². The fraction of sp³-hybridized carbons (Fsp3) is 0.350. The highest BCUT2D eigenvalue weighted by Crippen LogP contribution is 2.20. The van der Waals surface area contributed by atoms with Gasteiger partial charge in [0, 0.05) is 36.6 Å². The second-order valence-corrected chi connectivity index (χ2v) is 8.60. The molecule has 1 saturated heterocycles. The summed E-state index contributed by atoms with van der Waals surface area (Å²) in [5, 5.41) is 2.89. The van der Waals surface area contributed by atoms with Gasteiger partial charge >= 0.3 is 0 Å². The Balaban J connectivity index is 1.54. The zero-order valence-corrected chi connectivity index (χ0v) is 16.3. The molecule has 0 bridgehead atoms. The normalized spacial score (nSPS) is 14.6. The van der Waals surface area contributed by atoms with Crippen molar-refractivity contribution in [3.63, 3.8) is 0 Å². The molecule has 0 aliphatic carbocycles. The molecule has 144 valence electrons. The maximum atomic E-state index is 12.3. The fourth-order valence-electron chi connectivity index (χ4n) is 3.16. The van der Waals surface area contributed by atoms with E-state index in [-0.39, 0.29) is 5.91 Å². The predicted octanol–water partition coefficient (Wildman–Crippen LogP) is 2.98. The highest BCUT2D eigenvalue weighted by atomic mass is 32.2. The smallest absolute Gasteiger partial charge is 0.251 e. The molecule has 7 heteroatoms. The molecular weight excluding hydrogens is 362 g/mol. The van der Waals surface area contributed by atoms with Crippen LogP contribution in [-0.4, -0.2) is 33.7 Å². The first-order chi connectivity index (χ1) is 12.9. The summed E-state index contributed by atoms with van der Waals surface area (Å²) in [5.74, 6) is -0.194. The number of carbonyl (C=O) groups excluding carboxylic acids is 1. The van der Waals surface area contributed by atoms with Crippen molar-refractivity contribution in [1.29, 1.82) is 0 Å². The quantitative estimate of drug-likeness (QED) is 0.799. The summed E-state index contributed by atoms with van der Waals surface area (Å²) < 4.78 is 24.8. The Labute approximate surface area is 160 Å². The maximum Gasteiger partial charge on any atom is 0.251 e. The Morgan fingerprint density at radius 2 is 1.59 bits per heavy atom. The van der Waals surface area contributed by atoms with Crippen LogP contribution in [-0.2, 0) is 16.6 Å². The van der Waals surface area contributed by atoms with Gasteiger partial charge < -0.3 is 10.2 Å². The van der Waals surface area contributed by atoms with Gasteiger partial charge in [-0.15, -0.1) is 0 Å². The molecule has 0 atom stereocenters. The van der Waals surface area contributed by atoms with Gasteiger partial charge in [-0.3, -0.25) is 9.52 Å². The summed E-state index contributed by atoms with van der Waals surface area (Å²) in [6, 6.07) is 14.7. The van der Waals surface area contributed by atoms with Crippen LogP contribution in [0, 0.1) is 0 Å². The number of hydrogen-bond acceptors (Lipinski definition) is 4. The molecule has 2 aromatic rings. The van der Waals surface area contributed by atoms with Gasteiger partial charge in [-0.1, -0.05) is 12.1 Å². The van der Waals surface area contributed by atoms with Crippen LogP contribution in [0.1, 0.15) is 35.2 Å². The van der Waals surface area contributed by atoms with Gasteiger partial charge in [-0.2, -0.15) is 0 Å². The van der Waals surface area contributed by atoms with Crippen molar-refractivity contribution in [2.75, 3.05) is 29.0 Å².